The van der Waals surface area contributed by atoms with Gasteiger partial charge in [-0.25, -0.2) is 9.59 Å². The molecule has 6 rings (SSSR count). The number of benzene rings is 2. The maximum absolute atomic E-state index is 14.0. The fourth-order valence-corrected chi connectivity index (χ4v) is 8.55. The van der Waals surface area contributed by atoms with Crippen molar-refractivity contribution in [3.63, 3.8) is 0 Å². The average molecular weight is 777 g/mol. The van der Waals surface area contributed by atoms with Crippen LogP contribution in [0.3, 0.4) is 0 Å². The quantitative estimate of drug-likeness (QED) is 0.436. The lowest BCUT2D eigenvalue weighted by molar-refractivity contribution is -0.142. The Morgan fingerprint density at radius 1 is 0.894 bits per heavy atom. The van der Waals surface area contributed by atoms with Crippen molar-refractivity contribution in [3.05, 3.63) is 56.5 Å². The van der Waals surface area contributed by atoms with Gasteiger partial charge in [0.1, 0.15) is 5.75 Å². The van der Waals surface area contributed by atoms with E-state index in [9.17, 15) is 19.5 Å². The maximum Gasteiger partial charge on any atom is 0.410 e. The molecule has 2 aromatic rings. The zero-order valence-corrected chi connectivity index (χ0v) is 30.0. The van der Waals surface area contributed by atoms with E-state index in [1.165, 1.54) is 0 Å². The monoisotopic (exact) mass is 774 g/mol. The van der Waals surface area contributed by atoms with Crippen LogP contribution in [0, 0.1) is 0 Å². The first-order valence-electron chi connectivity index (χ1n) is 16.7. The Balaban J connectivity index is 1.08. The number of likely N-dealkylation sites (N-methyl/N-ethyl adjacent to an activating group) is 1. The fourth-order valence-electron chi connectivity index (χ4n) is 7.27. The van der Waals surface area contributed by atoms with E-state index in [1.807, 2.05) is 34.1 Å². The number of rotatable bonds is 6. The van der Waals surface area contributed by atoms with Crippen LogP contribution in [-0.4, -0.2) is 132 Å². The Hall–Kier alpha value is -2.87. The summed E-state index contributed by atoms with van der Waals surface area (Å²) in [7, 11) is 2.15. The van der Waals surface area contributed by atoms with Gasteiger partial charge in [0.15, 0.2) is 6.10 Å². The molecule has 4 amide bonds. The molecule has 4 heterocycles. The molecule has 254 valence electrons. The Morgan fingerprint density at radius 3 is 2.19 bits per heavy atom. The zero-order chi connectivity index (χ0) is 33.1. The van der Waals surface area contributed by atoms with Gasteiger partial charge in [0.05, 0.1) is 8.95 Å². The third-order valence-corrected chi connectivity index (χ3v) is 11.4. The van der Waals surface area contributed by atoms with Crippen molar-refractivity contribution < 1.29 is 24.2 Å². The van der Waals surface area contributed by atoms with E-state index in [-0.39, 0.29) is 30.2 Å². The number of hydrogen-bond donors (Lipinski definition) is 2. The number of hydrogen-bond acceptors (Lipinski definition) is 7. The number of phenolic OH excluding ortho intramolecular Hbond substituents is 1. The number of phenols is 1. The Morgan fingerprint density at radius 2 is 1.51 bits per heavy atom. The lowest BCUT2D eigenvalue weighted by Gasteiger charge is -2.42. The molecule has 0 aromatic heterocycles. The molecule has 13 heteroatoms. The van der Waals surface area contributed by atoms with Gasteiger partial charge < -0.3 is 34.8 Å². The van der Waals surface area contributed by atoms with Crippen LogP contribution in [0.4, 0.5) is 15.3 Å². The minimum absolute atomic E-state index is 0.0130. The number of fused-ring (bicyclic) bond motifs is 1. The second kappa shape index (κ2) is 15.1. The van der Waals surface area contributed by atoms with Gasteiger partial charge in [-0.1, -0.05) is 18.2 Å². The van der Waals surface area contributed by atoms with Crippen molar-refractivity contribution in [3.8, 4) is 5.75 Å². The fraction of sp³-hybridized carbons (Fsp3) is 0.559. The van der Waals surface area contributed by atoms with Crippen LogP contribution in [-0.2, 0) is 22.4 Å². The van der Waals surface area contributed by atoms with Crippen LogP contribution in [0.25, 0.3) is 0 Å². The minimum atomic E-state index is -1.00. The summed E-state index contributed by atoms with van der Waals surface area (Å²) in [5, 5.41) is 13.3. The number of ether oxygens (including phenoxy) is 1. The molecule has 0 bridgehead atoms. The van der Waals surface area contributed by atoms with Gasteiger partial charge in [0.25, 0.3) is 5.91 Å². The molecule has 4 aliphatic heterocycles. The zero-order valence-electron chi connectivity index (χ0n) is 26.9. The molecule has 2 aromatic carbocycles. The summed E-state index contributed by atoms with van der Waals surface area (Å²) in [6.45, 7) is 6.97. The molecule has 4 aliphatic rings. The van der Waals surface area contributed by atoms with Gasteiger partial charge in [-0.15, -0.1) is 0 Å². The van der Waals surface area contributed by atoms with Gasteiger partial charge >= 0.3 is 12.1 Å². The van der Waals surface area contributed by atoms with Gasteiger partial charge in [0, 0.05) is 83.1 Å². The molecule has 1 atom stereocenters. The summed E-state index contributed by atoms with van der Waals surface area (Å²) in [6.07, 6.45) is 2.51. The lowest BCUT2D eigenvalue weighted by atomic mass is 10.0. The summed E-state index contributed by atoms with van der Waals surface area (Å²) >= 11 is 6.77. The van der Waals surface area contributed by atoms with E-state index in [1.54, 1.807) is 17.0 Å². The molecule has 3 fully saturated rings. The summed E-state index contributed by atoms with van der Waals surface area (Å²) in [4.78, 5) is 50.9. The van der Waals surface area contributed by atoms with E-state index in [0.717, 1.165) is 62.3 Å². The Labute approximate surface area is 293 Å². The predicted octanol–water partition coefficient (Wildman–Crippen LogP) is 4.76. The van der Waals surface area contributed by atoms with E-state index < -0.39 is 12.2 Å². The highest BCUT2D eigenvalue weighted by Crippen LogP contribution is 2.34. The number of carbonyl (C=O) groups excluding carboxylic acids is 3. The van der Waals surface area contributed by atoms with Crippen LogP contribution >= 0.6 is 31.9 Å². The average Bonchev–Trinajstić information content (AvgIpc) is 3.25. The number of aromatic hydroxyl groups is 1. The normalized spacial score (nSPS) is 21.2. The topological polar surface area (TPSA) is 109 Å². The largest absolute Gasteiger partial charge is 0.506 e. The van der Waals surface area contributed by atoms with Crippen molar-refractivity contribution in [1.82, 2.24) is 24.5 Å². The molecule has 0 radical (unpaired) electrons. The SMILES string of the molecule is CN1CCN(C2CCN(C(=O)[C@H](Cc3cc(Br)c(O)c(Br)c3)OC(=O)N3CCC(N4CCc5ccccc5NC4=O)CC3)CC2)CC1. The smallest absolute Gasteiger partial charge is 0.410 e. The molecule has 0 saturated carbocycles. The first-order valence-corrected chi connectivity index (χ1v) is 18.2. The van der Waals surface area contributed by atoms with Crippen LogP contribution in [0.2, 0.25) is 0 Å². The first-order chi connectivity index (χ1) is 22.7. The van der Waals surface area contributed by atoms with E-state index in [0.29, 0.717) is 60.6 Å². The van der Waals surface area contributed by atoms with Crippen molar-refractivity contribution in [2.24, 2.45) is 0 Å². The first kappa shape index (κ1) is 34.0. The standard InChI is InChI=1S/C34H44Br2N6O5/c1-38-16-18-39(19-17-38)25-7-11-40(12-8-25)32(44)30(22-23-20-27(35)31(43)28(36)21-23)47-34(46)41-13-9-26(10-14-41)42-15-6-24-4-2-3-5-29(24)37-33(42)45/h2-5,20-21,25-26,30,43H,6-19,22H2,1H3,(H,37,45)/t30-/m0/s1. The number of piperazine rings is 1. The van der Waals surface area contributed by atoms with Crippen LogP contribution < -0.4 is 5.32 Å². The second-order valence-electron chi connectivity index (χ2n) is 13.1. The number of nitrogens with one attached hydrogen (secondary N) is 1. The van der Waals surface area contributed by atoms with Gasteiger partial charge in [0.2, 0.25) is 0 Å². The summed E-state index contributed by atoms with van der Waals surface area (Å²) in [6, 6.07) is 11.8. The number of amides is 4. The van der Waals surface area contributed by atoms with Gasteiger partial charge in [-0.3, -0.25) is 9.69 Å². The van der Waals surface area contributed by atoms with Crippen LogP contribution in [0.5, 0.6) is 5.75 Å². The molecule has 0 spiro atoms. The number of para-hydroxylation sites is 1. The summed E-state index contributed by atoms with van der Waals surface area (Å²) < 4.78 is 7.02. The van der Waals surface area contributed by atoms with E-state index >= 15 is 0 Å². The molecular formula is C34H44Br2N6O5. The molecule has 2 N–H and O–H groups in total. The van der Waals surface area contributed by atoms with Crippen LogP contribution in [0.15, 0.2) is 45.3 Å². The highest BCUT2D eigenvalue weighted by atomic mass is 79.9. The summed E-state index contributed by atoms with van der Waals surface area (Å²) in [5.74, 6) is -0.115. The van der Waals surface area contributed by atoms with Crippen molar-refractivity contribution in [2.75, 3.05) is 71.3 Å². The van der Waals surface area contributed by atoms with E-state index in [2.05, 4.69) is 54.0 Å². The molecule has 0 aliphatic carbocycles. The number of carbonyl (C=O) groups is 3. The number of nitrogens with zero attached hydrogens (tertiary/aromatic N) is 5. The number of halogens is 2. The van der Waals surface area contributed by atoms with Gasteiger partial charge in [-0.05, 0) is 100 Å². The maximum atomic E-state index is 14.0. The predicted molar refractivity (Wildman–Crippen MR) is 187 cm³/mol. The van der Waals surface area contributed by atoms with Gasteiger partial charge in [-0.2, -0.15) is 0 Å². The number of likely N-dealkylation sites (tertiary alicyclic amines) is 2. The molecular weight excluding hydrogens is 732 g/mol. The van der Waals surface area contributed by atoms with Crippen LogP contribution in [0.1, 0.15) is 36.8 Å². The highest BCUT2D eigenvalue weighted by molar-refractivity contribution is 9.11. The minimum Gasteiger partial charge on any atom is -0.506 e. The highest BCUT2D eigenvalue weighted by Gasteiger charge is 2.36. The number of anilines is 1. The van der Waals surface area contributed by atoms with Crippen molar-refractivity contribution >= 4 is 55.6 Å². The summed E-state index contributed by atoms with van der Waals surface area (Å²) in [5.41, 5.74) is 2.73. The lowest BCUT2D eigenvalue weighted by Crippen LogP contribution is -2.54. The molecule has 11 nitrogen and oxygen atoms in total. The Kier molecular flexibility index (Phi) is 10.9. The third kappa shape index (κ3) is 8.06. The Bertz CT molecular complexity index is 1430. The molecule has 47 heavy (non-hydrogen) atoms. The van der Waals surface area contributed by atoms with E-state index in [4.69, 9.17) is 4.74 Å². The molecule has 3 saturated heterocycles. The van der Waals surface area contributed by atoms with Crippen molar-refractivity contribution in [1.29, 1.82) is 0 Å². The van der Waals surface area contributed by atoms with Crippen molar-refractivity contribution in [2.45, 2.75) is 56.7 Å². The second-order valence-corrected chi connectivity index (χ2v) is 14.8. The molecule has 0 unspecified atom stereocenters. The third-order valence-electron chi connectivity index (χ3n) is 10.2. The number of piperidine rings is 2. The number of urea groups is 1.